The van der Waals surface area contributed by atoms with E-state index in [9.17, 15) is 9.59 Å². The van der Waals surface area contributed by atoms with Gasteiger partial charge in [0.1, 0.15) is 0 Å². The summed E-state index contributed by atoms with van der Waals surface area (Å²) in [7, 11) is 1.81. The van der Waals surface area contributed by atoms with Crippen LogP contribution in [-0.4, -0.2) is 47.9 Å². The van der Waals surface area contributed by atoms with E-state index in [1.54, 1.807) is 9.80 Å². The van der Waals surface area contributed by atoms with E-state index in [2.05, 4.69) is 10.3 Å². The van der Waals surface area contributed by atoms with Crippen LogP contribution in [0, 0.1) is 6.92 Å². The molecule has 1 fully saturated rings. The van der Waals surface area contributed by atoms with E-state index >= 15 is 0 Å². The molecule has 0 radical (unpaired) electrons. The minimum atomic E-state index is -0.269. The fraction of sp³-hybridized carbons (Fsp3) is 0.353. The Labute approximate surface area is 145 Å². The van der Waals surface area contributed by atoms with Gasteiger partial charge in [-0.25, -0.2) is 4.98 Å². The number of carbonyl (C=O) groups is 2. The number of benzene rings is 1. The van der Waals surface area contributed by atoms with E-state index < -0.39 is 0 Å². The molecule has 6 nitrogen and oxygen atoms in total. The third-order valence-corrected chi connectivity index (χ3v) is 4.91. The average Bonchev–Trinajstić information content (AvgIpc) is 3.13. The summed E-state index contributed by atoms with van der Waals surface area (Å²) in [5.41, 5.74) is 1.79. The molecule has 2 heterocycles. The van der Waals surface area contributed by atoms with E-state index in [1.165, 1.54) is 11.3 Å². The maximum absolute atomic E-state index is 12.6. The van der Waals surface area contributed by atoms with Crippen LogP contribution in [-0.2, 0) is 9.59 Å². The number of amides is 2. The van der Waals surface area contributed by atoms with E-state index in [4.69, 9.17) is 0 Å². The molecule has 126 valence electrons. The van der Waals surface area contributed by atoms with Gasteiger partial charge in [0.25, 0.3) is 0 Å². The number of hydrogen-bond acceptors (Lipinski definition) is 5. The number of likely N-dealkylation sites (N-methyl/N-ethyl adjacent to an activating group) is 1. The Morgan fingerprint density at radius 1 is 1.42 bits per heavy atom. The zero-order chi connectivity index (χ0) is 17.1. The van der Waals surface area contributed by atoms with Crippen molar-refractivity contribution in [3.8, 4) is 0 Å². The fourth-order valence-corrected chi connectivity index (χ4v) is 3.55. The number of nitrogens with one attached hydrogen (secondary N) is 1. The SMILES string of the molecule is Cc1csc(NC(=O)CN(C)C2CCN(c3ccccc3)C2=O)n1. The van der Waals surface area contributed by atoms with Gasteiger partial charge in [-0.2, -0.15) is 0 Å². The van der Waals surface area contributed by atoms with Crippen LogP contribution in [0.2, 0.25) is 0 Å². The van der Waals surface area contributed by atoms with Crippen LogP contribution < -0.4 is 10.2 Å². The molecule has 2 amide bonds. The van der Waals surface area contributed by atoms with Crippen molar-refractivity contribution >= 4 is 34.0 Å². The lowest BCUT2D eigenvalue weighted by Gasteiger charge is -2.23. The van der Waals surface area contributed by atoms with E-state index in [-0.39, 0.29) is 24.4 Å². The molecule has 3 rings (SSSR count). The third kappa shape index (κ3) is 3.63. The van der Waals surface area contributed by atoms with Crippen molar-refractivity contribution in [3.05, 3.63) is 41.4 Å². The lowest BCUT2D eigenvalue weighted by atomic mass is 10.2. The zero-order valence-corrected chi connectivity index (χ0v) is 14.5. The Morgan fingerprint density at radius 3 is 2.83 bits per heavy atom. The van der Waals surface area contributed by atoms with E-state index in [0.717, 1.165) is 11.4 Å². The molecule has 1 aliphatic rings. The normalized spacial score (nSPS) is 17.5. The molecule has 1 aromatic heterocycles. The molecule has 1 aromatic carbocycles. The summed E-state index contributed by atoms with van der Waals surface area (Å²) in [6.07, 6.45) is 0.716. The highest BCUT2D eigenvalue weighted by Gasteiger charge is 2.35. The first-order valence-corrected chi connectivity index (χ1v) is 8.71. The maximum atomic E-state index is 12.6. The molecule has 1 saturated heterocycles. The van der Waals surface area contributed by atoms with Crippen LogP contribution in [0.5, 0.6) is 0 Å². The Kier molecular flexibility index (Phi) is 4.92. The van der Waals surface area contributed by atoms with Crippen molar-refractivity contribution < 1.29 is 9.59 Å². The summed E-state index contributed by atoms with van der Waals surface area (Å²) in [5, 5.41) is 5.26. The minimum absolute atomic E-state index is 0.0431. The largest absolute Gasteiger partial charge is 0.311 e. The molecule has 0 saturated carbocycles. The maximum Gasteiger partial charge on any atom is 0.244 e. The number of thiazole rings is 1. The first-order chi connectivity index (χ1) is 11.5. The van der Waals surface area contributed by atoms with Crippen molar-refractivity contribution in [1.29, 1.82) is 0 Å². The van der Waals surface area contributed by atoms with Gasteiger partial charge in [0.05, 0.1) is 18.3 Å². The van der Waals surface area contributed by atoms with Gasteiger partial charge >= 0.3 is 0 Å². The minimum Gasteiger partial charge on any atom is -0.311 e. The lowest BCUT2D eigenvalue weighted by molar-refractivity contribution is -0.123. The number of anilines is 2. The van der Waals surface area contributed by atoms with Crippen molar-refractivity contribution in [2.24, 2.45) is 0 Å². The van der Waals surface area contributed by atoms with Crippen LogP contribution in [0.3, 0.4) is 0 Å². The van der Waals surface area contributed by atoms with Crippen molar-refractivity contribution in [2.75, 3.05) is 30.4 Å². The van der Waals surface area contributed by atoms with Crippen LogP contribution >= 0.6 is 11.3 Å². The Bertz CT molecular complexity index is 731. The molecule has 0 spiro atoms. The number of para-hydroxylation sites is 1. The summed E-state index contributed by atoms with van der Waals surface area (Å²) >= 11 is 1.40. The van der Waals surface area contributed by atoms with Crippen molar-refractivity contribution in [2.45, 2.75) is 19.4 Å². The molecular formula is C17H20N4O2S. The zero-order valence-electron chi connectivity index (χ0n) is 13.7. The van der Waals surface area contributed by atoms with Gasteiger partial charge < -0.3 is 10.2 Å². The Hall–Kier alpha value is -2.25. The predicted octanol–water partition coefficient (Wildman–Crippen LogP) is 2.13. The van der Waals surface area contributed by atoms with Crippen molar-refractivity contribution in [1.82, 2.24) is 9.88 Å². The summed E-state index contributed by atoms with van der Waals surface area (Å²) < 4.78 is 0. The smallest absolute Gasteiger partial charge is 0.244 e. The average molecular weight is 344 g/mol. The van der Waals surface area contributed by atoms with Gasteiger partial charge in [0, 0.05) is 17.6 Å². The van der Waals surface area contributed by atoms with Crippen LogP contribution in [0.15, 0.2) is 35.7 Å². The number of aromatic nitrogens is 1. The second-order valence-electron chi connectivity index (χ2n) is 5.89. The summed E-state index contributed by atoms with van der Waals surface area (Å²) in [6, 6.07) is 9.36. The Balaban J connectivity index is 1.58. The van der Waals surface area contributed by atoms with Crippen LogP contribution in [0.1, 0.15) is 12.1 Å². The van der Waals surface area contributed by atoms with Crippen LogP contribution in [0.25, 0.3) is 0 Å². The van der Waals surface area contributed by atoms with Gasteiger partial charge in [0.15, 0.2) is 5.13 Å². The highest BCUT2D eigenvalue weighted by atomic mass is 32.1. The number of rotatable bonds is 5. The molecular weight excluding hydrogens is 324 g/mol. The monoisotopic (exact) mass is 344 g/mol. The predicted molar refractivity (Wildman–Crippen MR) is 95.3 cm³/mol. The highest BCUT2D eigenvalue weighted by Crippen LogP contribution is 2.23. The van der Waals surface area contributed by atoms with E-state index in [1.807, 2.05) is 49.7 Å². The second kappa shape index (κ2) is 7.11. The fourth-order valence-electron chi connectivity index (χ4n) is 2.85. The van der Waals surface area contributed by atoms with Gasteiger partial charge in [-0.05, 0) is 32.5 Å². The third-order valence-electron chi connectivity index (χ3n) is 4.04. The lowest BCUT2D eigenvalue weighted by Crippen LogP contribution is -2.43. The first-order valence-electron chi connectivity index (χ1n) is 7.83. The standard InChI is InChI=1S/C17H20N4O2S/c1-12-11-24-17(18-12)19-15(22)10-20(2)14-8-9-21(16(14)23)13-6-4-3-5-7-13/h3-7,11,14H,8-10H2,1-2H3,(H,18,19,22). The topological polar surface area (TPSA) is 65.5 Å². The molecule has 1 unspecified atom stereocenters. The summed E-state index contributed by atoms with van der Waals surface area (Å²) in [6.45, 7) is 2.72. The van der Waals surface area contributed by atoms with E-state index in [0.29, 0.717) is 18.1 Å². The molecule has 1 N–H and O–H groups in total. The molecule has 2 aromatic rings. The number of aryl methyl sites for hydroxylation is 1. The quantitative estimate of drug-likeness (QED) is 0.902. The summed E-state index contributed by atoms with van der Waals surface area (Å²) in [4.78, 5) is 32.6. The van der Waals surface area contributed by atoms with Crippen LogP contribution in [0.4, 0.5) is 10.8 Å². The number of hydrogen-bond donors (Lipinski definition) is 1. The van der Waals surface area contributed by atoms with Gasteiger partial charge in [-0.1, -0.05) is 18.2 Å². The number of carbonyl (C=O) groups excluding carboxylic acids is 2. The van der Waals surface area contributed by atoms with Gasteiger partial charge in [-0.3, -0.25) is 14.5 Å². The van der Waals surface area contributed by atoms with Gasteiger partial charge in [-0.15, -0.1) is 11.3 Å². The molecule has 0 bridgehead atoms. The first kappa shape index (κ1) is 16.6. The molecule has 24 heavy (non-hydrogen) atoms. The highest BCUT2D eigenvalue weighted by molar-refractivity contribution is 7.13. The number of nitrogens with zero attached hydrogens (tertiary/aromatic N) is 3. The molecule has 1 aliphatic heterocycles. The molecule has 7 heteroatoms. The Morgan fingerprint density at radius 2 is 2.17 bits per heavy atom. The molecule has 0 aliphatic carbocycles. The van der Waals surface area contributed by atoms with Gasteiger partial charge in [0.2, 0.25) is 11.8 Å². The molecule has 1 atom stereocenters. The summed E-state index contributed by atoms with van der Waals surface area (Å²) in [5.74, 6) is -0.112. The second-order valence-corrected chi connectivity index (χ2v) is 6.75. The van der Waals surface area contributed by atoms with Crippen molar-refractivity contribution in [3.63, 3.8) is 0 Å².